The Balaban J connectivity index is 2.51. The van der Waals surface area contributed by atoms with E-state index in [4.69, 9.17) is 5.73 Å². The van der Waals surface area contributed by atoms with E-state index in [0.717, 1.165) is 13.1 Å². The lowest BCUT2D eigenvalue weighted by molar-refractivity contribution is -0.138. The molecule has 1 rings (SSSR count). The number of amides is 1. The Morgan fingerprint density at radius 2 is 2.00 bits per heavy atom. The molecule has 0 spiro atoms. The van der Waals surface area contributed by atoms with Gasteiger partial charge in [-0.25, -0.2) is 0 Å². The number of piperazine rings is 1. The van der Waals surface area contributed by atoms with Gasteiger partial charge in [-0.15, -0.1) is 0 Å². The van der Waals surface area contributed by atoms with E-state index in [-0.39, 0.29) is 11.4 Å². The summed E-state index contributed by atoms with van der Waals surface area (Å²) in [5, 5.41) is 0. The second-order valence-corrected chi connectivity index (χ2v) is 4.76. The van der Waals surface area contributed by atoms with Gasteiger partial charge in [0.1, 0.15) is 0 Å². The van der Waals surface area contributed by atoms with E-state index in [1.165, 1.54) is 0 Å². The summed E-state index contributed by atoms with van der Waals surface area (Å²) in [6, 6.07) is 0. The van der Waals surface area contributed by atoms with Crippen LogP contribution in [-0.2, 0) is 4.79 Å². The molecule has 1 aliphatic rings. The Morgan fingerprint density at radius 3 is 2.43 bits per heavy atom. The fourth-order valence-electron chi connectivity index (χ4n) is 1.67. The zero-order chi connectivity index (χ0) is 10.8. The van der Waals surface area contributed by atoms with Crippen LogP contribution in [0.2, 0.25) is 0 Å². The van der Waals surface area contributed by atoms with Gasteiger partial charge in [-0.2, -0.15) is 0 Å². The molecule has 0 atom stereocenters. The quantitative estimate of drug-likeness (QED) is 0.675. The molecule has 0 saturated carbocycles. The maximum atomic E-state index is 11.7. The van der Waals surface area contributed by atoms with Gasteiger partial charge in [-0.3, -0.25) is 9.69 Å². The maximum Gasteiger partial charge on any atom is 0.236 e. The van der Waals surface area contributed by atoms with E-state index in [9.17, 15) is 4.79 Å². The molecule has 82 valence electrons. The highest BCUT2D eigenvalue weighted by Crippen LogP contribution is 2.15. The molecule has 2 N–H and O–H groups in total. The molecule has 0 bridgehead atoms. The minimum absolute atomic E-state index is 0.0878. The zero-order valence-electron chi connectivity index (χ0n) is 9.42. The van der Waals surface area contributed by atoms with Crippen molar-refractivity contribution >= 4 is 5.91 Å². The highest BCUT2D eigenvalue weighted by molar-refractivity contribution is 5.79. The van der Waals surface area contributed by atoms with E-state index in [0.29, 0.717) is 19.6 Å². The first-order valence-corrected chi connectivity index (χ1v) is 5.18. The molecule has 0 aromatic rings. The van der Waals surface area contributed by atoms with E-state index < -0.39 is 0 Å². The Bertz CT molecular complexity index is 210. The molecule has 1 saturated heterocycles. The van der Waals surface area contributed by atoms with Crippen LogP contribution in [0.1, 0.15) is 20.8 Å². The van der Waals surface area contributed by atoms with Crippen LogP contribution in [-0.4, -0.2) is 54.0 Å². The Kier molecular flexibility index (Phi) is 3.50. The maximum absolute atomic E-state index is 11.7. The Labute approximate surface area is 86.0 Å². The van der Waals surface area contributed by atoms with Gasteiger partial charge in [0.2, 0.25) is 5.91 Å². The molecule has 1 fully saturated rings. The van der Waals surface area contributed by atoms with E-state index in [1.807, 2.05) is 4.90 Å². The predicted octanol–water partition coefficient (Wildman–Crippen LogP) is -0.112. The molecular weight excluding hydrogens is 178 g/mol. The van der Waals surface area contributed by atoms with Gasteiger partial charge in [0.25, 0.3) is 0 Å². The summed E-state index contributed by atoms with van der Waals surface area (Å²) in [4.78, 5) is 15.7. The minimum atomic E-state index is 0.0878. The van der Waals surface area contributed by atoms with Crippen molar-refractivity contribution in [2.45, 2.75) is 26.3 Å². The molecule has 0 aromatic carbocycles. The normalized spacial score (nSPS) is 20.3. The number of hydrogen-bond donors (Lipinski definition) is 1. The second kappa shape index (κ2) is 4.28. The van der Waals surface area contributed by atoms with Crippen LogP contribution in [0, 0.1) is 0 Å². The van der Waals surface area contributed by atoms with Gasteiger partial charge in [0.05, 0.1) is 6.54 Å². The van der Waals surface area contributed by atoms with Crippen LogP contribution in [0.4, 0.5) is 0 Å². The summed E-state index contributed by atoms with van der Waals surface area (Å²) >= 11 is 0. The molecule has 0 aromatic heterocycles. The summed E-state index contributed by atoms with van der Waals surface area (Å²) in [5.74, 6) is 0.205. The van der Waals surface area contributed by atoms with Crippen LogP contribution in [0.3, 0.4) is 0 Å². The van der Waals surface area contributed by atoms with Gasteiger partial charge >= 0.3 is 0 Å². The fraction of sp³-hybridized carbons (Fsp3) is 0.900. The lowest BCUT2D eigenvalue weighted by Crippen LogP contribution is -2.56. The van der Waals surface area contributed by atoms with E-state index in [2.05, 4.69) is 25.7 Å². The monoisotopic (exact) mass is 199 g/mol. The number of rotatable bonds is 2. The van der Waals surface area contributed by atoms with E-state index in [1.54, 1.807) is 0 Å². The summed E-state index contributed by atoms with van der Waals surface area (Å²) < 4.78 is 0. The first kappa shape index (κ1) is 11.5. The smallest absolute Gasteiger partial charge is 0.236 e. The van der Waals surface area contributed by atoms with Gasteiger partial charge in [0.15, 0.2) is 0 Å². The van der Waals surface area contributed by atoms with Crippen molar-refractivity contribution in [2.75, 3.05) is 32.7 Å². The summed E-state index contributed by atoms with van der Waals surface area (Å²) in [5.41, 5.74) is 5.52. The number of carbonyl (C=O) groups is 1. The molecule has 14 heavy (non-hydrogen) atoms. The third-order valence-electron chi connectivity index (χ3n) is 2.67. The van der Waals surface area contributed by atoms with Crippen LogP contribution < -0.4 is 5.73 Å². The van der Waals surface area contributed by atoms with Crippen LogP contribution in [0.25, 0.3) is 0 Å². The minimum Gasteiger partial charge on any atom is -0.339 e. The third-order valence-corrected chi connectivity index (χ3v) is 2.67. The summed E-state index contributed by atoms with van der Waals surface area (Å²) in [6.07, 6.45) is 0. The standard InChI is InChI=1S/C10H21N3O/c1-10(2,3)13-7-6-12(5-4-11)9(14)8-13/h4-8,11H2,1-3H3. The molecule has 1 heterocycles. The Hall–Kier alpha value is -0.610. The number of nitrogens with two attached hydrogens (primary N) is 1. The average molecular weight is 199 g/mol. The first-order valence-electron chi connectivity index (χ1n) is 5.18. The number of carbonyl (C=O) groups excluding carboxylic acids is 1. The van der Waals surface area contributed by atoms with Crippen molar-refractivity contribution in [3.8, 4) is 0 Å². The lowest BCUT2D eigenvalue weighted by Gasteiger charge is -2.41. The molecule has 0 unspecified atom stereocenters. The van der Waals surface area contributed by atoms with Crippen LogP contribution in [0.15, 0.2) is 0 Å². The number of hydrogen-bond acceptors (Lipinski definition) is 3. The summed E-state index contributed by atoms with van der Waals surface area (Å²) in [6.45, 7) is 9.96. The second-order valence-electron chi connectivity index (χ2n) is 4.76. The SMILES string of the molecule is CC(C)(C)N1CCN(CCN)C(=O)C1. The largest absolute Gasteiger partial charge is 0.339 e. The zero-order valence-corrected chi connectivity index (χ0v) is 9.42. The molecule has 4 heteroatoms. The van der Waals surface area contributed by atoms with Crippen LogP contribution in [0.5, 0.6) is 0 Å². The van der Waals surface area contributed by atoms with Crippen molar-refractivity contribution in [3.05, 3.63) is 0 Å². The molecular formula is C10H21N3O. The van der Waals surface area contributed by atoms with Crippen molar-refractivity contribution in [2.24, 2.45) is 5.73 Å². The molecule has 0 radical (unpaired) electrons. The fourth-order valence-corrected chi connectivity index (χ4v) is 1.67. The Morgan fingerprint density at radius 1 is 1.36 bits per heavy atom. The van der Waals surface area contributed by atoms with Gasteiger partial charge in [-0.1, -0.05) is 0 Å². The molecule has 1 aliphatic heterocycles. The molecule has 4 nitrogen and oxygen atoms in total. The average Bonchev–Trinajstić information content (AvgIpc) is 2.07. The van der Waals surface area contributed by atoms with Gasteiger partial charge in [0, 0.05) is 31.7 Å². The predicted molar refractivity (Wildman–Crippen MR) is 57.0 cm³/mol. The lowest BCUT2D eigenvalue weighted by atomic mass is 10.0. The molecule has 1 amide bonds. The molecule has 0 aliphatic carbocycles. The summed E-state index contributed by atoms with van der Waals surface area (Å²) in [7, 11) is 0. The van der Waals surface area contributed by atoms with Gasteiger partial charge in [-0.05, 0) is 20.8 Å². The topological polar surface area (TPSA) is 49.6 Å². The highest BCUT2D eigenvalue weighted by Gasteiger charge is 2.29. The van der Waals surface area contributed by atoms with Crippen molar-refractivity contribution < 1.29 is 4.79 Å². The van der Waals surface area contributed by atoms with Crippen LogP contribution >= 0.6 is 0 Å². The van der Waals surface area contributed by atoms with Crippen molar-refractivity contribution in [1.82, 2.24) is 9.80 Å². The van der Waals surface area contributed by atoms with Crippen molar-refractivity contribution in [1.29, 1.82) is 0 Å². The third kappa shape index (κ3) is 2.69. The first-order chi connectivity index (χ1) is 6.45. The van der Waals surface area contributed by atoms with E-state index >= 15 is 0 Å². The number of nitrogens with zero attached hydrogens (tertiary/aromatic N) is 2. The highest BCUT2D eigenvalue weighted by atomic mass is 16.2. The van der Waals surface area contributed by atoms with Crippen molar-refractivity contribution in [3.63, 3.8) is 0 Å². The van der Waals surface area contributed by atoms with Gasteiger partial charge < -0.3 is 10.6 Å².